The van der Waals surface area contributed by atoms with E-state index in [4.69, 9.17) is 0 Å². The van der Waals surface area contributed by atoms with Gasteiger partial charge in [-0.1, -0.05) is 12.1 Å². The van der Waals surface area contributed by atoms with Gasteiger partial charge >= 0.3 is 0 Å². The van der Waals surface area contributed by atoms with Crippen molar-refractivity contribution in [2.75, 3.05) is 13.1 Å². The van der Waals surface area contributed by atoms with Gasteiger partial charge in [-0.05, 0) is 25.0 Å². The maximum Gasteiger partial charge on any atom is 0.253 e. The first-order chi connectivity index (χ1) is 7.31. The zero-order valence-corrected chi connectivity index (χ0v) is 8.40. The fourth-order valence-electron chi connectivity index (χ4n) is 1.78. The molecule has 1 aliphatic rings. The van der Waals surface area contributed by atoms with Crippen molar-refractivity contribution in [1.82, 2.24) is 4.90 Å². The molecule has 1 radical (unpaired) electrons. The Balaban J connectivity index is 2.14. The number of benzene rings is 1. The van der Waals surface area contributed by atoms with E-state index in [0.717, 1.165) is 25.9 Å². The summed E-state index contributed by atoms with van der Waals surface area (Å²) in [7, 11) is 0. The van der Waals surface area contributed by atoms with Crippen LogP contribution in [-0.2, 0) is 4.79 Å². The molecule has 0 unspecified atom stereocenters. The fraction of sp³-hybridized carbons (Fsp3) is 0.333. The molecule has 0 aliphatic carbocycles. The summed E-state index contributed by atoms with van der Waals surface area (Å²) < 4.78 is 0. The van der Waals surface area contributed by atoms with Gasteiger partial charge in [0.15, 0.2) is 0 Å². The second-order valence-corrected chi connectivity index (χ2v) is 3.68. The van der Waals surface area contributed by atoms with Crippen LogP contribution < -0.4 is 0 Å². The highest BCUT2D eigenvalue weighted by molar-refractivity contribution is 5.95. The first kappa shape index (κ1) is 9.90. The van der Waals surface area contributed by atoms with Crippen molar-refractivity contribution in [3.05, 3.63) is 35.4 Å². The molecule has 0 bridgehead atoms. The minimum Gasteiger partial charge on any atom is -0.339 e. The molecule has 1 saturated heterocycles. The smallest absolute Gasteiger partial charge is 0.253 e. The van der Waals surface area contributed by atoms with Gasteiger partial charge in [0.25, 0.3) is 5.91 Å². The van der Waals surface area contributed by atoms with Gasteiger partial charge in [0.2, 0.25) is 6.29 Å². The van der Waals surface area contributed by atoms with Gasteiger partial charge in [-0.2, -0.15) is 0 Å². The number of amides is 1. The average Bonchev–Trinajstić information content (AvgIpc) is 2.82. The van der Waals surface area contributed by atoms with Crippen LogP contribution in [0.4, 0.5) is 0 Å². The van der Waals surface area contributed by atoms with E-state index in [9.17, 15) is 9.59 Å². The molecule has 1 fully saturated rings. The van der Waals surface area contributed by atoms with E-state index in [1.165, 1.54) is 0 Å². The number of rotatable bonds is 2. The first-order valence-corrected chi connectivity index (χ1v) is 5.09. The number of likely N-dealkylation sites (tertiary alicyclic amines) is 1. The van der Waals surface area contributed by atoms with Crippen molar-refractivity contribution in [2.24, 2.45) is 0 Å². The van der Waals surface area contributed by atoms with Crippen molar-refractivity contribution in [3.8, 4) is 0 Å². The number of hydrogen-bond donors (Lipinski definition) is 0. The molecule has 3 heteroatoms. The van der Waals surface area contributed by atoms with Gasteiger partial charge in [0.1, 0.15) is 0 Å². The molecule has 0 N–H and O–H groups in total. The van der Waals surface area contributed by atoms with E-state index in [1.807, 2.05) is 4.90 Å². The van der Waals surface area contributed by atoms with E-state index in [1.54, 1.807) is 30.6 Å². The van der Waals surface area contributed by atoms with Crippen molar-refractivity contribution >= 4 is 12.2 Å². The zero-order valence-electron chi connectivity index (χ0n) is 8.40. The lowest BCUT2D eigenvalue weighted by atomic mass is 10.1. The number of carbonyl (C=O) groups is 1. The number of carbonyl (C=O) groups excluding carboxylic acids is 2. The van der Waals surface area contributed by atoms with Crippen LogP contribution in [0.25, 0.3) is 0 Å². The normalized spacial score (nSPS) is 15.3. The summed E-state index contributed by atoms with van der Waals surface area (Å²) in [5.41, 5.74) is 1.13. The Hall–Kier alpha value is -1.64. The molecule has 77 valence electrons. The van der Waals surface area contributed by atoms with Crippen molar-refractivity contribution in [2.45, 2.75) is 12.8 Å². The Morgan fingerprint density at radius 1 is 1.13 bits per heavy atom. The highest BCUT2D eigenvalue weighted by Crippen LogP contribution is 2.13. The third-order valence-electron chi connectivity index (χ3n) is 2.64. The molecular formula is C12H12NO2. The second kappa shape index (κ2) is 4.26. The quantitative estimate of drug-likeness (QED) is 0.726. The third-order valence-corrected chi connectivity index (χ3v) is 2.64. The summed E-state index contributed by atoms with van der Waals surface area (Å²) >= 11 is 0. The monoisotopic (exact) mass is 202 g/mol. The van der Waals surface area contributed by atoms with Crippen molar-refractivity contribution < 1.29 is 9.59 Å². The molecule has 0 saturated carbocycles. The Labute approximate surface area is 88.7 Å². The minimum atomic E-state index is 0.0601. The van der Waals surface area contributed by atoms with Crippen LogP contribution in [-0.4, -0.2) is 30.2 Å². The number of hydrogen-bond acceptors (Lipinski definition) is 2. The molecule has 2 rings (SSSR count). The van der Waals surface area contributed by atoms with Gasteiger partial charge in [-0.3, -0.25) is 9.59 Å². The van der Waals surface area contributed by atoms with Gasteiger partial charge in [-0.25, -0.2) is 0 Å². The molecule has 1 aromatic rings. The Kier molecular flexibility index (Phi) is 2.81. The van der Waals surface area contributed by atoms with Gasteiger partial charge < -0.3 is 4.90 Å². The maximum absolute atomic E-state index is 11.9. The molecule has 1 amide bonds. The summed E-state index contributed by atoms with van der Waals surface area (Å²) in [6, 6.07) is 6.61. The van der Waals surface area contributed by atoms with Gasteiger partial charge in [-0.15, -0.1) is 0 Å². The van der Waals surface area contributed by atoms with E-state index in [0.29, 0.717) is 11.1 Å². The van der Waals surface area contributed by atoms with Crippen LogP contribution in [0.15, 0.2) is 24.3 Å². The Bertz CT molecular complexity index is 364. The summed E-state index contributed by atoms with van der Waals surface area (Å²) in [6.45, 7) is 1.70. The summed E-state index contributed by atoms with van der Waals surface area (Å²) in [4.78, 5) is 24.0. The molecule has 3 nitrogen and oxygen atoms in total. The molecule has 1 aromatic carbocycles. The average molecular weight is 202 g/mol. The van der Waals surface area contributed by atoms with E-state index >= 15 is 0 Å². The largest absolute Gasteiger partial charge is 0.339 e. The molecule has 0 spiro atoms. The topological polar surface area (TPSA) is 37.4 Å². The zero-order chi connectivity index (χ0) is 10.7. The van der Waals surface area contributed by atoms with E-state index in [2.05, 4.69) is 0 Å². The van der Waals surface area contributed by atoms with Crippen molar-refractivity contribution in [3.63, 3.8) is 0 Å². The lowest BCUT2D eigenvalue weighted by Crippen LogP contribution is -2.27. The molecule has 1 aliphatic heterocycles. The van der Waals surface area contributed by atoms with Gasteiger partial charge in [0, 0.05) is 24.2 Å². The van der Waals surface area contributed by atoms with Crippen LogP contribution >= 0.6 is 0 Å². The molecule has 0 atom stereocenters. The number of nitrogens with zero attached hydrogens (tertiary/aromatic N) is 1. The SMILES string of the molecule is O=[C]c1ccc(C(=O)N2CCCC2)cc1. The highest BCUT2D eigenvalue weighted by Gasteiger charge is 2.18. The Morgan fingerprint density at radius 3 is 2.27 bits per heavy atom. The third kappa shape index (κ3) is 2.06. The summed E-state index contributed by atoms with van der Waals surface area (Å²) in [5, 5.41) is 0. The van der Waals surface area contributed by atoms with E-state index < -0.39 is 0 Å². The van der Waals surface area contributed by atoms with Crippen LogP contribution in [0.5, 0.6) is 0 Å². The predicted octanol–water partition coefficient (Wildman–Crippen LogP) is 1.38. The summed E-state index contributed by atoms with van der Waals surface area (Å²) in [5.74, 6) is 0.0601. The molecule has 15 heavy (non-hydrogen) atoms. The molecule has 1 heterocycles. The second-order valence-electron chi connectivity index (χ2n) is 3.68. The lowest BCUT2D eigenvalue weighted by Gasteiger charge is -2.14. The fourth-order valence-corrected chi connectivity index (χ4v) is 1.78. The van der Waals surface area contributed by atoms with Crippen LogP contribution in [0, 0.1) is 0 Å². The lowest BCUT2D eigenvalue weighted by molar-refractivity contribution is 0.0793. The highest BCUT2D eigenvalue weighted by atomic mass is 16.2. The van der Waals surface area contributed by atoms with Crippen LogP contribution in [0.2, 0.25) is 0 Å². The van der Waals surface area contributed by atoms with Crippen molar-refractivity contribution in [1.29, 1.82) is 0 Å². The minimum absolute atomic E-state index is 0.0601. The predicted molar refractivity (Wildman–Crippen MR) is 56.4 cm³/mol. The van der Waals surface area contributed by atoms with Crippen LogP contribution in [0.3, 0.4) is 0 Å². The summed E-state index contributed by atoms with van der Waals surface area (Å²) in [6.07, 6.45) is 3.97. The maximum atomic E-state index is 11.9. The van der Waals surface area contributed by atoms with Gasteiger partial charge in [0.05, 0.1) is 0 Å². The standard InChI is InChI=1S/C12H12NO2/c14-9-10-3-5-11(6-4-10)12(15)13-7-1-2-8-13/h3-6H,1-2,7-8H2. The van der Waals surface area contributed by atoms with E-state index in [-0.39, 0.29) is 5.91 Å². The first-order valence-electron chi connectivity index (χ1n) is 5.09. The van der Waals surface area contributed by atoms with Crippen LogP contribution in [0.1, 0.15) is 28.8 Å². The molecular weight excluding hydrogens is 190 g/mol. The Morgan fingerprint density at radius 2 is 1.73 bits per heavy atom. The molecule has 0 aromatic heterocycles.